The average Bonchev–Trinajstić information content (AvgIpc) is 2.37. The molecular formula is C9H10ClN5O4. The quantitative estimate of drug-likeness (QED) is 0.461. The van der Waals surface area contributed by atoms with Crippen LogP contribution in [0.15, 0.2) is 6.33 Å². The molecule has 1 amide bonds. The number of nitrogens with zero attached hydrogens (tertiary/aromatic N) is 4. The number of hydrogen-bond acceptors (Lipinski definition) is 7. The topological polar surface area (TPSA) is 124 Å². The highest BCUT2D eigenvalue weighted by atomic mass is 35.5. The fourth-order valence-corrected chi connectivity index (χ4v) is 2.01. The molecule has 1 aromatic heterocycles. The third-order valence-corrected chi connectivity index (χ3v) is 2.95. The van der Waals surface area contributed by atoms with Crippen LogP contribution < -0.4 is 10.6 Å². The van der Waals surface area contributed by atoms with E-state index in [2.05, 4.69) is 9.97 Å². The Morgan fingerprint density at radius 2 is 2.37 bits per heavy atom. The van der Waals surface area contributed by atoms with Crippen LogP contribution in [0.1, 0.15) is 0 Å². The highest BCUT2D eigenvalue weighted by Crippen LogP contribution is 2.32. The molecule has 1 aliphatic heterocycles. The monoisotopic (exact) mass is 287 g/mol. The number of rotatable bonds is 3. The predicted octanol–water partition coefficient (Wildman–Crippen LogP) is -0.271. The van der Waals surface area contributed by atoms with E-state index in [0.717, 1.165) is 6.33 Å². The summed E-state index contributed by atoms with van der Waals surface area (Å²) in [5, 5.41) is 10.7. The Balaban J connectivity index is 2.47. The van der Waals surface area contributed by atoms with E-state index >= 15 is 0 Å². The summed E-state index contributed by atoms with van der Waals surface area (Å²) in [6.45, 7) is 0.610. The summed E-state index contributed by atoms with van der Waals surface area (Å²) in [5.74, 6) is -0.680. The summed E-state index contributed by atoms with van der Waals surface area (Å²) in [4.78, 5) is 30.5. The Kier molecular flexibility index (Phi) is 3.76. The van der Waals surface area contributed by atoms with Crippen LogP contribution in [-0.2, 0) is 9.53 Å². The number of morpholine rings is 1. The van der Waals surface area contributed by atoms with E-state index in [1.165, 1.54) is 4.90 Å². The molecule has 2 heterocycles. The minimum absolute atomic E-state index is 0.0305. The minimum atomic E-state index is -0.821. The molecule has 0 radical (unpaired) electrons. The van der Waals surface area contributed by atoms with Gasteiger partial charge >= 0.3 is 5.69 Å². The normalized spacial score (nSPS) is 19.2. The third-order valence-electron chi connectivity index (χ3n) is 2.67. The van der Waals surface area contributed by atoms with Crippen LogP contribution in [0.25, 0.3) is 0 Å². The van der Waals surface area contributed by atoms with Crippen molar-refractivity contribution in [2.24, 2.45) is 5.73 Å². The van der Waals surface area contributed by atoms with Gasteiger partial charge < -0.3 is 15.4 Å². The molecule has 2 rings (SSSR count). The van der Waals surface area contributed by atoms with Gasteiger partial charge in [-0.25, -0.2) is 9.97 Å². The van der Waals surface area contributed by atoms with Gasteiger partial charge in [0.2, 0.25) is 16.9 Å². The average molecular weight is 288 g/mol. The van der Waals surface area contributed by atoms with E-state index in [1.54, 1.807) is 0 Å². The second-order valence-corrected chi connectivity index (χ2v) is 4.14. The molecule has 1 aromatic rings. The molecule has 0 aromatic carbocycles. The molecule has 9 nitrogen and oxygen atoms in total. The van der Waals surface area contributed by atoms with Crippen molar-refractivity contribution >= 4 is 29.0 Å². The molecule has 19 heavy (non-hydrogen) atoms. The number of primary amides is 1. The number of ether oxygens (including phenoxy) is 1. The Bertz CT molecular complexity index is 525. The number of carbonyl (C=O) groups excluding carboxylic acids is 1. The van der Waals surface area contributed by atoms with Crippen LogP contribution in [0.3, 0.4) is 0 Å². The standard InChI is InChI=1S/C9H10ClN5O4/c10-7-6(15(17)18)9(13-4-12-7)14-1-2-19-3-5(14)8(11)16/h4-5H,1-3H2,(H2,11,16). The van der Waals surface area contributed by atoms with Crippen LogP contribution in [0.4, 0.5) is 11.5 Å². The van der Waals surface area contributed by atoms with E-state index < -0.39 is 22.6 Å². The SMILES string of the molecule is NC(=O)C1COCCN1c1ncnc(Cl)c1[N+](=O)[O-]. The van der Waals surface area contributed by atoms with Crippen molar-refractivity contribution in [3.63, 3.8) is 0 Å². The Hall–Kier alpha value is -2.00. The Morgan fingerprint density at radius 3 is 3.00 bits per heavy atom. The summed E-state index contributed by atoms with van der Waals surface area (Å²) in [5.41, 5.74) is 4.81. The number of hydrogen-bond donors (Lipinski definition) is 1. The lowest BCUT2D eigenvalue weighted by molar-refractivity contribution is -0.384. The van der Waals surface area contributed by atoms with Crippen molar-refractivity contribution in [3.05, 3.63) is 21.6 Å². The molecule has 1 unspecified atom stereocenters. The zero-order valence-electron chi connectivity index (χ0n) is 9.65. The van der Waals surface area contributed by atoms with E-state index in [1.807, 2.05) is 0 Å². The molecule has 0 saturated carbocycles. The van der Waals surface area contributed by atoms with E-state index in [-0.39, 0.29) is 24.1 Å². The molecule has 102 valence electrons. The number of carbonyl (C=O) groups is 1. The van der Waals surface area contributed by atoms with Crippen molar-refractivity contribution in [1.29, 1.82) is 0 Å². The molecule has 1 atom stereocenters. The van der Waals surface area contributed by atoms with Crippen molar-refractivity contribution in [1.82, 2.24) is 9.97 Å². The van der Waals surface area contributed by atoms with Crippen LogP contribution in [-0.4, -0.2) is 46.6 Å². The fraction of sp³-hybridized carbons (Fsp3) is 0.444. The second kappa shape index (κ2) is 5.33. The smallest absolute Gasteiger partial charge is 0.348 e. The molecule has 10 heteroatoms. The third kappa shape index (κ3) is 2.56. The molecular weight excluding hydrogens is 278 g/mol. The van der Waals surface area contributed by atoms with Crippen LogP contribution >= 0.6 is 11.6 Å². The summed E-state index contributed by atoms with van der Waals surface area (Å²) in [6, 6.07) is -0.821. The van der Waals surface area contributed by atoms with Gasteiger partial charge in [0.1, 0.15) is 12.4 Å². The number of halogens is 1. The number of nitro groups is 1. The Morgan fingerprint density at radius 1 is 1.63 bits per heavy atom. The lowest BCUT2D eigenvalue weighted by atomic mass is 10.2. The van der Waals surface area contributed by atoms with E-state index in [9.17, 15) is 14.9 Å². The predicted molar refractivity (Wildman–Crippen MR) is 64.8 cm³/mol. The zero-order chi connectivity index (χ0) is 14.0. The van der Waals surface area contributed by atoms with Crippen molar-refractivity contribution in [3.8, 4) is 0 Å². The zero-order valence-corrected chi connectivity index (χ0v) is 10.4. The molecule has 2 N–H and O–H groups in total. The van der Waals surface area contributed by atoms with Crippen molar-refractivity contribution in [2.75, 3.05) is 24.7 Å². The Labute approximate surface area is 112 Å². The lowest BCUT2D eigenvalue weighted by Gasteiger charge is -2.33. The maximum absolute atomic E-state index is 11.4. The van der Waals surface area contributed by atoms with Gasteiger partial charge in [-0.1, -0.05) is 11.6 Å². The molecule has 0 spiro atoms. The van der Waals surface area contributed by atoms with E-state index in [0.29, 0.717) is 6.61 Å². The highest BCUT2D eigenvalue weighted by molar-refractivity contribution is 6.31. The molecule has 1 fully saturated rings. The summed E-state index contributed by atoms with van der Waals surface area (Å²) in [7, 11) is 0. The first kappa shape index (κ1) is 13.4. The molecule has 0 bridgehead atoms. The molecule has 1 saturated heterocycles. The summed E-state index contributed by atoms with van der Waals surface area (Å²) in [6.07, 6.45) is 1.10. The number of nitrogens with two attached hydrogens (primary N) is 1. The minimum Gasteiger partial charge on any atom is -0.377 e. The van der Waals surface area contributed by atoms with Crippen LogP contribution in [0.5, 0.6) is 0 Å². The summed E-state index contributed by atoms with van der Waals surface area (Å²) < 4.78 is 5.14. The number of amides is 1. The number of anilines is 1. The number of aromatic nitrogens is 2. The summed E-state index contributed by atoms with van der Waals surface area (Å²) >= 11 is 5.70. The first-order chi connectivity index (χ1) is 9.02. The van der Waals surface area contributed by atoms with Gasteiger partial charge in [0, 0.05) is 6.54 Å². The first-order valence-corrected chi connectivity index (χ1v) is 5.68. The first-order valence-electron chi connectivity index (χ1n) is 5.31. The van der Waals surface area contributed by atoms with Gasteiger partial charge in [-0.05, 0) is 0 Å². The van der Waals surface area contributed by atoms with Gasteiger partial charge in [-0.3, -0.25) is 14.9 Å². The van der Waals surface area contributed by atoms with Gasteiger partial charge in [-0.15, -0.1) is 0 Å². The highest BCUT2D eigenvalue weighted by Gasteiger charge is 2.34. The maximum Gasteiger partial charge on any atom is 0.348 e. The van der Waals surface area contributed by atoms with Gasteiger partial charge in [0.25, 0.3) is 0 Å². The molecule has 0 aliphatic carbocycles. The second-order valence-electron chi connectivity index (χ2n) is 3.78. The van der Waals surface area contributed by atoms with Crippen LogP contribution in [0.2, 0.25) is 5.15 Å². The van der Waals surface area contributed by atoms with Crippen molar-refractivity contribution < 1.29 is 14.5 Å². The largest absolute Gasteiger partial charge is 0.377 e. The molecule has 1 aliphatic rings. The van der Waals surface area contributed by atoms with Crippen LogP contribution in [0, 0.1) is 10.1 Å². The lowest BCUT2D eigenvalue weighted by Crippen LogP contribution is -2.53. The van der Waals surface area contributed by atoms with Crippen molar-refractivity contribution in [2.45, 2.75) is 6.04 Å². The van der Waals surface area contributed by atoms with Gasteiger partial charge in [-0.2, -0.15) is 0 Å². The van der Waals surface area contributed by atoms with Gasteiger partial charge in [0.15, 0.2) is 0 Å². The van der Waals surface area contributed by atoms with E-state index in [4.69, 9.17) is 22.1 Å². The maximum atomic E-state index is 11.4. The fourth-order valence-electron chi connectivity index (χ4n) is 1.81. The van der Waals surface area contributed by atoms with Gasteiger partial charge in [0.05, 0.1) is 18.1 Å².